The lowest BCUT2D eigenvalue weighted by atomic mass is 9.87. The summed E-state index contributed by atoms with van der Waals surface area (Å²) >= 11 is 0. The number of para-hydroxylation sites is 1. The summed E-state index contributed by atoms with van der Waals surface area (Å²) < 4.78 is 6.37. The van der Waals surface area contributed by atoms with Gasteiger partial charge < -0.3 is 9.57 Å². The Bertz CT molecular complexity index is 1050. The minimum atomic E-state index is -0.0492. The van der Waals surface area contributed by atoms with Gasteiger partial charge in [-0.3, -0.25) is 4.90 Å². The zero-order valence-corrected chi connectivity index (χ0v) is 19.6. The van der Waals surface area contributed by atoms with Gasteiger partial charge >= 0.3 is 0 Å². The normalized spacial score (nSPS) is 13.2. The molecule has 4 heteroatoms. The predicted molar refractivity (Wildman–Crippen MR) is 134 cm³/mol. The van der Waals surface area contributed by atoms with E-state index in [1.807, 2.05) is 26.2 Å². The third-order valence-corrected chi connectivity index (χ3v) is 5.47. The Balaban J connectivity index is 2.21. The highest BCUT2D eigenvalue weighted by Gasteiger charge is 2.18. The van der Waals surface area contributed by atoms with E-state index in [4.69, 9.17) is 9.57 Å². The molecule has 3 aromatic rings. The lowest BCUT2D eigenvalue weighted by molar-refractivity contribution is 0.0813. The highest BCUT2D eigenvalue weighted by Crippen LogP contribution is 2.38. The standard InChI is InChI=1S/C28H32N2O2/c1-6-25(23-12-8-7-9-13-23)28(24-18-16-22(17-19-24)20-29-31-5)26-14-10-11-15-27(26)32-21(2)30(3)4/h7-21H,6H2,1-5H3. The van der Waals surface area contributed by atoms with Crippen molar-refractivity contribution in [2.45, 2.75) is 26.5 Å². The molecule has 166 valence electrons. The molecule has 0 aliphatic heterocycles. The molecule has 0 aliphatic carbocycles. The number of allylic oxidation sites excluding steroid dienone is 1. The molecule has 0 radical (unpaired) electrons. The van der Waals surface area contributed by atoms with Crippen LogP contribution in [0.3, 0.4) is 0 Å². The molecule has 0 fully saturated rings. The highest BCUT2D eigenvalue weighted by molar-refractivity contribution is 6.00. The molecule has 0 saturated carbocycles. The van der Waals surface area contributed by atoms with E-state index < -0.39 is 0 Å². The molecule has 4 nitrogen and oxygen atoms in total. The molecule has 0 aliphatic rings. The first-order valence-corrected chi connectivity index (χ1v) is 10.9. The number of nitrogens with zero attached hydrogens (tertiary/aromatic N) is 2. The molecule has 0 amide bonds. The Kier molecular flexibility index (Phi) is 8.23. The molecule has 3 rings (SSSR count). The maximum Gasteiger partial charge on any atom is 0.149 e. The summed E-state index contributed by atoms with van der Waals surface area (Å²) in [4.78, 5) is 6.88. The van der Waals surface area contributed by atoms with E-state index in [1.54, 1.807) is 13.3 Å². The summed E-state index contributed by atoms with van der Waals surface area (Å²) in [5, 5.41) is 3.88. The fourth-order valence-corrected chi connectivity index (χ4v) is 3.57. The lowest BCUT2D eigenvalue weighted by Crippen LogP contribution is -2.30. The van der Waals surface area contributed by atoms with Crippen LogP contribution in [0.25, 0.3) is 11.1 Å². The second-order valence-corrected chi connectivity index (χ2v) is 7.79. The number of rotatable bonds is 9. The zero-order valence-electron chi connectivity index (χ0n) is 19.6. The van der Waals surface area contributed by atoms with E-state index in [0.29, 0.717) is 0 Å². The van der Waals surface area contributed by atoms with Crippen LogP contribution in [-0.4, -0.2) is 38.5 Å². The van der Waals surface area contributed by atoms with E-state index in [0.717, 1.165) is 28.9 Å². The van der Waals surface area contributed by atoms with E-state index in [9.17, 15) is 0 Å². The molecule has 0 heterocycles. The summed E-state index contributed by atoms with van der Waals surface area (Å²) in [7, 11) is 5.59. The van der Waals surface area contributed by atoms with Gasteiger partial charge in [0, 0.05) is 5.56 Å². The first kappa shape index (κ1) is 23.3. The van der Waals surface area contributed by atoms with Gasteiger partial charge in [-0.25, -0.2) is 0 Å². The van der Waals surface area contributed by atoms with Crippen molar-refractivity contribution in [3.05, 3.63) is 101 Å². The van der Waals surface area contributed by atoms with Crippen LogP contribution in [0.1, 0.15) is 42.5 Å². The van der Waals surface area contributed by atoms with Gasteiger partial charge in [0.25, 0.3) is 0 Å². The summed E-state index contributed by atoms with van der Waals surface area (Å²) in [6, 6.07) is 27.2. The van der Waals surface area contributed by atoms with Crippen molar-refractivity contribution < 1.29 is 9.57 Å². The van der Waals surface area contributed by atoms with Crippen LogP contribution in [0.4, 0.5) is 0 Å². The van der Waals surface area contributed by atoms with Crippen molar-refractivity contribution in [1.82, 2.24) is 4.90 Å². The van der Waals surface area contributed by atoms with Crippen LogP contribution in [0.5, 0.6) is 5.75 Å². The Labute approximate surface area is 191 Å². The Morgan fingerprint density at radius 3 is 2.19 bits per heavy atom. The first-order valence-electron chi connectivity index (χ1n) is 10.9. The Hall–Kier alpha value is -3.37. The van der Waals surface area contributed by atoms with Crippen molar-refractivity contribution >= 4 is 17.4 Å². The second-order valence-electron chi connectivity index (χ2n) is 7.79. The minimum Gasteiger partial charge on any atom is -0.475 e. The van der Waals surface area contributed by atoms with Crippen LogP contribution in [0, 0.1) is 0 Å². The Morgan fingerprint density at radius 2 is 1.56 bits per heavy atom. The van der Waals surface area contributed by atoms with Gasteiger partial charge in [0.2, 0.25) is 0 Å². The van der Waals surface area contributed by atoms with Gasteiger partial charge in [-0.1, -0.05) is 84.9 Å². The molecular weight excluding hydrogens is 396 g/mol. The van der Waals surface area contributed by atoms with Crippen LogP contribution >= 0.6 is 0 Å². The van der Waals surface area contributed by atoms with E-state index in [2.05, 4.69) is 90.6 Å². The van der Waals surface area contributed by atoms with Gasteiger partial charge in [-0.15, -0.1) is 0 Å². The van der Waals surface area contributed by atoms with E-state index >= 15 is 0 Å². The molecule has 0 spiro atoms. The topological polar surface area (TPSA) is 34.1 Å². The van der Waals surface area contributed by atoms with Gasteiger partial charge in [0.05, 0.1) is 6.21 Å². The van der Waals surface area contributed by atoms with Crippen molar-refractivity contribution in [2.75, 3.05) is 21.2 Å². The molecule has 0 saturated heterocycles. The highest BCUT2D eigenvalue weighted by atomic mass is 16.6. The van der Waals surface area contributed by atoms with Crippen LogP contribution in [0.2, 0.25) is 0 Å². The fourth-order valence-electron chi connectivity index (χ4n) is 3.57. The molecule has 32 heavy (non-hydrogen) atoms. The molecular formula is C28H32N2O2. The van der Waals surface area contributed by atoms with Crippen LogP contribution < -0.4 is 4.74 Å². The number of ether oxygens (including phenoxy) is 1. The molecule has 3 aromatic carbocycles. The maximum absolute atomic E-state index is 6.37. The predicted octanol–water partition coefficient (Wildman–Crippen LogP) is 6.32. The van der Waals surface area contributed by atoms with Crippen molar-refractivity contribution in [1.29, 1.82) is 0 Å². The SMILES string of the molecule is CCC(=C(c1ccc(C=NOC)cc1)c1ccccc1OC(C)N(C)C)c1ccccc1. The van der Waals surface area contributed by atoms with Gasteiger partial charge in [-0.2, -0.15) is 0 Å². The minimum absolute atomic E-state index is 0.0492. The molecule has 0 bridgehead atoms. The van der Waals surface area contributed by atoms with Crippen molar-refractivity contribution in [2.24, 2.45) is 5.16 Å². The summed E-state index contributed by atoms with van der Waals surface area (Å²) in [5.41, 5.74) is 6.87. The van der Waals surface area contributed by atoms with Crippen LogP contribution in [0.15, 0.2) is 84.0 Å². The number of oxime groups is 1. The average Bonchev–Trinajstić information content (AvgIpc) is 2.82. The summed E-state index contributed by atoms with van der Waals surface area (Å²) in [5.74, 6) is 0.871. The number of hydrogen-bond donors (Lipinski definition) is 0. The van der Waals surface area contributed by atoms with Crippen molar-refractivity contribution in [3.8, 4) is 5.75 Å². The molecule has 1 atom stereocenters. The van der Waals surface area contributed by atoms with E-state index in [-0.39, 0.29) is 6.23 Å². The first-order chi connectivity index (χ1) is 15.5. The van der Waals surface area contributed by atoms with Crippen molar-refractivity contribution in [3.63, 3.8) is 0 Å². The molecule has 0 aromatic heterocycles. The third kappa shape index (κ3) is 5.65. The number of benzene rings is 3. The van der Waals surface area contributed by atoms with Gasteiger partial charge in [-0.05, 0) is 61.3 Å². The second kappa shape index (κ2) is 11.3. The molecule has 0 N–H and O–H groups in total. The quantitative estimate of drug-likeness (QED) is 0.173. The van der Waals surface area contributed by atoms with E-state index in [1.165, 1.54) is 16.7 Å². The zero-order chi connectivity index (χ0) is 22.9. The smallest absolute Gasteiger partial charge is 0.149 e. The average molecular weight is 429 g/mol. The third-order valence-electron chi connectivity index (χ3n) is 5.47. The summed E-state index contributed by atoms with van der Waals surface area (Å²) in [6.45, 7) is 4.26. The number of hydrogen-bond acceptors (Lipinski definition) is 4. The fraction of sp³-hybridized carbons (Fsp3) is 0.250. The molecule has 1 unspecified atom stereocenters. The monoisotopic (exact) mass is 428 g/mol. The van der Waals surface area contributed by atoms with Crippen LogP contribution in [-0.2, 0) is 4.84 Å². The maximum atomic E-state index is 6.37. The Morgan fingerprint density at radius 1 is 0.906 bits per heavy atom. The summed E-state index contributed by atoms with van der Waals surface area (Å²) in [6.07, 6.45) is 2.55. The largest absolute Gasteiger partial charge is 0.475 e. The lowest BCUT2D eigenvalue weighted by Gasteiger charge is -2.25. The van der Waals surface area contributed by atoms with Gasteiger partial charge in [0.15, 0.2) is 0 Å². The van der Waals surface area contributed by atoms with Gasteiger partial charge in [0.1, 0.15) is 19.1 Å².